The van der Waals surface area contributed by atoms with E-state index in [1.807, 2.05) is 0 Å². The van der Waals surface area contributed by atoms with Crippen molar-refractivity contribution >= 4 is 39.1 Å². The molecular weight excluding hydrogens is 665 g/mol. The highest BCUT2D eigenvalue weighted by molar-refractivity contribution is 6.04. The van der Waals surface area contributed by atoms with Crippen molar-refractivity contribution in [3.63, 3.8) is 0 Å². The molecule has 1 heterocycles. The van der Waals surface area contributed by atoms with Gasteiger partial charge in [0.25, 0.3) is 0 Å². The minimum Gasteiger partial charge on any atom is -0.314 e. The summed E-state index contributed by atoms with van der Waals surface area (Å²) < 4.78 is 2.47. The van der Waals surface area contributed by atoms with Crippen LogP contribution in [-0.4, -0.2) is 4.57 Å². The highest BCUT2D eigenvalue weighted by Gasteiger charge is 2.52. The summed E-state index contributed by atoms with van der Waals surface area (Å²) in [6.07, 6.45) is 4.34. The van der Waals surface area contributed by atoms with E-state index < -0.39 is 5.41 Å². The zero-order chi connectivity index (χ0) is 36.1. The second kappa shape index (κ2) is 11.5. The van der Waals surface area contributed by atoms with Crippen LogP contribution in [0.2, 0.25) is 0 Å². The third kappa shape index (κ3) is 4.14. The van der Waals surface area contributed by atoms with Crippen LogP contribution in [0.3, 0.4) is 0 Å². The van der Waals surface area contributed by atoms with E-state index in [1.165, 1.54) is 100 Å². The van der Waals surface area contributed by atoms with E-state index in [1.54, 1.807) is 0 Å². The average molecular weight is 701 g/mol. The van der Waals surface area contributed by atoms with Gasteiger partial charge in [-0.1, -0.05) is 146 Å². The van der Waals surface area contributed by atoms with Gasteiger partial charge in [-0.15, -0.1) is 0 Å². The summed E-state index contributed by atoms with van der Waals surface area (Å²) in [6, 6.07) is 69.9. The van der Waals surface area contributed by atoms with Crippen molar-refractivity contribution in [2.75, 3.05) is 4.90 Å². The zero-order valence-corrected chi connectivity index (χ0v) is 30.3. The monoisotopic (exact) mass is 700 g/mol. The Morgan fingerprint density at radius 2 is 1.07 bits per heavy atom. The number of allylic oxidation sites excluding steroid dienone is 1. The number of hydrogen-bond donors (Lipinski definition) is 0. The Morgan fingerprint density at radius 3 is 1.85 bits per heavy atom. The molecule has 8 aromatic carbocycles. The second-order valence-corrected chi connectivity index (χ2v) is 15.1. The van der Waals surface area contributed by atoms with Gasteiger partial charge < -0.3 is 9.47 Å². The normalized spacial score (nSPS) is 14.3. The fourth-order valence-corrected chi connectivity index (χ4v) is 10.4. The van der Waals surface area contributed by atoms with Crippen LogP contribution in [0.25, 0.3) is 55.7 Å². The molecule has 0 fully saturated rings. The summed E-state index contributed by atoms with van der Waals surface area (Å²) in [4.78, 5) is 2.53. The Hall–Kier alpha value is -6.90. The number of para-hydroxylation sites is 3. The molecule has 1 spiro atoms. The van der Waals surface area contributed by atoms with Crippen molar-refractivity contribution < 1.29 is 0 Å². The van der Waals surface area contributed by atoms with E-state index in [9.17, 15) is 0 Å². The van der Waals surface area contributed by atoms with E-state index in [2.05, 4.69) is 204 Å². The summed E-state index contributed by atoms with van der Waals surface area (Å²) in [5.74, 6) is 0. The number of hydrogen-bond acceptors (Lipinski definition) is 1. The quantitative estimate of drug-likeness (QED) is 0.177. The van der Waals surface area contributed by atoms with Gasteiger partial charge in [0.1, 0.15) is 0 Å². The van der Waals surface area contributed by atoms with Gasteiger partial charge in [-0.2, -0.15) is 0 Å². The van der Waals surface area contributed by atoms with E-state index in [0.29, 0.717) is 0 Å². The van der Waals surface area contributed by atoms with E-state index in [4.69, 9.17) is 0 Å². The highest BCUT2D eigenvalue weighted by atomic mass is 15.2. The highest BCUT2D eigenvalue weighted by Crippen LogP contribution is 2.64. The number of rotatable bonds is 4. The van der Waals surface area contributed by atoms with Crippen LogP contribution in [0, 0.1) is 0 Å². The minimum atomic E-state index is -0.450. The fourth-order valence-electron chi connectivity index (χ4n) is 10.4. The van der Waals surface area contributed by atoms with Crippen LogP contribution in [0.4, 0.5) is 11.4 Å². The van der Waals surface area contributed by atoms with Gasteiger partial charge >= 0.3 is 0 Å². The number of nitrogens with zero attached hydrogens (tertiary/aromatic N) is 2. The lowest BCUT2D eigenvalue weighted by molar-refractivity contribution is 0.799. The maximum atomic E-state index is 2.53. The van der Waals surface area contributed by atoms with Crippen LogP contribution >= 0.6 is 0 Å². The van der Waals surface area contributed by atoms with Crippen LogP contribution in [0.1, 0.15) is 39.9 Å². The van der Waals surface area contributed by atoms with Crippen LogP contribution in [-0.2, 0) is 11.8 Å². The Balaban J connectivity index is 1.12. The fraction of sp³-hybridized carbons (Fsp3) is 0.0566. The molecule has 258 valence electrons. The molecule has 0 amide bonds. The molecule has 2 heteroatoms. The number of fused-ring (bicyclic) bond motifs is 15. The van der Waals surface area contributed by atoms with Crippen LogP contribution < -0.4 is 4.90 Å². The molecule has 0 aliphatic heterocycles. The van der Waals surface area contributed by atoms with Gasteiger partial charge in [0, 0.05) is 39.4 Å². The SMILES string of the molecule is C1=C(N(c2ccccc2)c2ccc3c(c2)C2(c4ccccc4-c4ccccc42)c2c-3ccc3ccccc23)CCc2c1c1ccccc1n2-c1ccccc1. The van der Waals surface area contributed by atoms with Crippen molar-refractivity contribution in [2.24, 2.45) is 0 Å². The van der Waals surface area contributed by atoms with Gasteiger partial charge in [-0.3, -0.25) is 0 Å². The molecule has 0 unspecified atom stereocenters. The topological polar surface area (TPSA) is 8.17 Å². The smallest absolute Gasteiger partial charge is 0.0732 e. The second-order valence-electron chi connectivity index (χ2n) is 15.1. The molecule has 3 aliphatic rings. The van der Waals surface area contributed by atoms with Gasteiger partial charge in [0.2, 0.25) is 0 Å². The largest absolute Gasteiger partial charge is 0.314 e. The summed E-state index contributed by atoms with van der Waals surface area (Å²) in [5, 5.41) is 3.89. The van der Waals surface area contributed by atoms with Gasteiger partial charge in [0.15, 0.2) is 0 Å². The van der Waals surface area contributed by atoms with Crippen molar-refractivity contribution in [2.45, 2.75) is 18.3 Å². The molecule has 0 atom stereocenters. The van der Waals surface area contributed by atoms with E-state index in [-0.39, 0.29) is 0 Å². The zero-order valence-electron chi connectivity index (χ0n) is 30.3. The maximum absolute atomic E-state index is 2.53. The van der Waals surface area contributed by atoms with Gasteiger partial charge in [-0.05, 0) is 117 Å². The van der Waals surface area contributed by atoms with Crippen molar-refractivity contribution in [3.8, 4) is 27.9 Å². The number of aromatic nitrogens is 1. The lowest BCUT2D eigenvalue weighted by atomic mass is 9.69. The molecule has 3 aliphatic carbocycles. The predicted octanol–water partition coefficient (Wildman–Crippen LogP) is 13.3. The summed E-state index contributed by atoms with van der Waals surface area (Å²) in [5.41, 5.74) is 19.2. The van der Waals surface area contributed by atoms with E-state index in [0.717, 1.165) is 12.8 Å². The summed E-state index contributed by atoms with van der Waals surface area (Å²) in [6.45, 7) is 0. The Morgan fingerprint density at radius 1 is 0.455 bits per heavy atom. The average Bonchev–Trinajstić information content (AvgIpc) is 3.86. The summed E-state index contributed by atoms with van der Waals surface area (Å²) >= 11 is 0. The lowest BCUT2D eigenvalue weighted by Crippen LogP contribution is -2.27. The first-order valence-electron chi connectivity index (χ1n) is 19.4. The molecule has 0 radical (unpaired) electrons. The van der Waals surface area contributed by atoms with Crippen LogP contribution in [0.15, 0.2) is 194 Å². The van der Waals surface area contributed by atoms with Crippen molar-refractivity contribution in [1.29, 1.82) is 0 Å². The molecule has 0 bridgehead atoms. The summed E-state index contributed by atoms with van der Waals surface area (Å²) in [7, 11) is 0. The van der Waals surface area contributed by atoms with Crippen molar-refractivity contribution in [3.05, 3.63) is 227 Å². The Kier molecular flexibility index (Phi) is 6.41. The molecule has 9 aromatic rings. The van der Waals surface area contributed by atoms with Gasteiger partial charge in [-0.25, -0.2) is 0 Å². The molecular formula is C53H36N2. The van der Waals surface area contributed by atoms with Gasteiger partial charge in [0.05, 0.1) is 10.9 Å². The number of anilines is 2. The first-order chi connectivity index (χ1) is 27.3. The molecule has 55 heavy (non-hydrogen) atoms. The molecule has 2 nitrogen and oxygen atoms in total. The Bertz CT molecular complexity index is 2990. The molecule has 12 rings (SSSR count). The first-order valence-corrected chi connectivity index (χ1v) is 19.4. The predicted molar refractivity (Wildman–Crippen MR) is 228 cm³/mol. The maximum Gasteiger partial charge on any atom is 0.0732 e. The first kappa shape index (κ1) is 30.6. The third-order valence-electron chi connectivity index (χ3n) is 12.5. The Labute approximate surface area is 320 Å². The molecule has 0 N–H and O–H groups in total. The van der Waals surface area contributed by atoms with E-state index >= 15 is 0 Å². The standard InChI is InChI=1S/C53H36N2/c1-3-16-36(17-4-1)54(38-29-32-51-46(33-38)44-23-11-14-26-50(44)55(51)37-18-5-2-6-19-37)39-28-31-43-45-30-27-35-15-7-8-20-40(35)52(45)53(49(43)34-39)47-24-12-9-21-41(47)42-22-10-13-25-48(42)53/h1-28,30-31,33-34H,29,32H2. The third-order valence-corrected chi connectivity index (χ3v) is 12.5. The number of benzene rings is 8. The van der Waals surface area contributed by atoms with Crippen molar-refractivity contribution in [1.82, 2.24) is 4.57 Å². The lowest BCUT2D eigenvalue weighted by Gasteiger charge is -2.34. The molecule has 0 saturated carbocycles. The molecule has 1 aromatic heterocycles. The molecule has 0 saturated heterocycles. The minimum absolute atomic E-state index is 0.450. The van der Waals surface area contributed by atoms with Crippen LogP contribution in [0.5, 0.6) is 0 Å².